The van der Waals surface area contributed by atoms with Crippen LogP contribution in [0.3, 0.4) is 0 Å². The normalized spacial score (nSPS) is 10.1. The summed E-state index contributed by atoms with van der Waals surface area (Å²) in [7, 11) is 0. The number of non-ortho nitro benzene ring substituents is 1. The van der Waals surface area contributed by atoms with Crippen LogP contribution in [0.2, 0.25) is 0 Å². The molecule has 1 N–H and O–H groups in total. The third-order valence-electron chi connectivity index (χ3n) is 2.80. The molecule has 0 saturated heterocycles. The number of halogens is 1. The molecule has 0 spiro atoms. The second-order valence-corrected chi connectivity index (χ2v) is 4.19. The van der Waals surface area contributed by atoms with Gasteiger partial charge in [-0.05, 0) is 24.6 Å². The lowest BCUT2D eigenvalue weighted by Crippen LogP contribution is -2.14. The van der Waals surface area contributed by atoms with Crippen molar-refractivity contribution < 1.29 is 14.1 Å². The Labute approximate surface area is 114 Å². The number of nitro groups is 1. The van der Waals surface area contributed by atoms with Crippen LogP contribution in [0, 0.1) is 22.9 Å². The molecule has 6 heteroatoms. The molecule has 2 rings (SSSR count). The fourth-order valence-corrected chi connectivity index (χ4v) is 1.70. The van der Waals surface area contributed by atoms with E-state index in [0.717, 1.165) is 23.8 Å². The van der Waals surface area contributed by atoms with Gasteiger partial charge in [0.2, 0.25) is 0 Å². The molecule has 0 aliphatic carbocycles. The third-order valence-corrected chi connectivity index (χ3v) is 2.80. The maximum Gasteiger partial charge on any atom is 0.270 e. The van der Waals surface area contributed by atoms with Gasteiger partial charge in [-0.2, -0.15) is 0 Å². The molecule has 2 aromatic rings. The molecule has 1 amide bonds. The standard InChI is InChI=1S/C14H11FN2O3/c1-9-4-2-3-5-13(9)16-14(18)11-8-10(17(19)20)6-7-12(11)15/h2-8H,1H3,(H,16,18). The highest BCUT2D eigenvalue weighted by molar-refractivity contribution is 6.05. The first kappa shape index (κ1) is 13.7. The Balaban J connectivity index is 2.32. The van der Waals surface area contributed by atoms with E-state index in [2.05, 4.69) is 5.32 Å². The number of carbonyl (C=O) groups is 1. The number of benzene rings is 2. The highest BCUT2D eigenvalue weighted by Gasteiger charge is 2.17. The van der Waals surface area contributed by atoms with Crippen molar-refractivity contribution in [1.29, 1.82) is 0 Å². The van der Waals surface area contributed by atoms with Gasteiger partial charge in [0.1, 0.15) is 5.82 Å². The van der Waals surface area contributed by atoms with Crippen LogP contribution in [0.4, 0.5) is 15.8 Å². The first-order valence-corrected chi connectivity index (χ1v) is 5.80. The molecule has 2 aromatic carbocycles. The van der Waals surface area contributed by atoms with Crippen molar-refractivity contribution in [3.05, 3.63) is 69.5 Å². The Morgan fingerprint density at radius 2 is 1.95 bits per heavy atom. The SMILES string of the molecule is Cc1ccccc1NC(=O)c1cc([N+](=O)[O-])ccc1F. The summed E-state index contributed by atoms with van der Waals surface area (Å²) in [5.41, 5.74) is 0.652. The molecular formula is C14H11FN2O3. The summed E-state index contributed by atoms with van der Waals surface area (Å²) in [6, 6.07) is 9.83. The molecule has 102 valence electrons. The summed E-state index contributed by atoms with van der Waals surface area (Å²) in [6.07, 6.45) is 0. The Kier molecular flexibility index (Phi) is 3.74. The lowest BCUT2D eigenvalue weighted by molar-refractivity contribution is -0.384. The van der Waals surface area contributed by atoms with Gasteiger partial charge in [0.05, 0.1) is 10.5 Å². The van der Waals surface area contributed by atoms with Gasteiger partial charge in [-0.15, -0.1) is 0 Å². The summed E-state index contributed by atoms with van der Waals surface area (Å²) in [5, 5.41) is 13.2. The maximum atomic E-state index is 13.6. The van der Waals surface area contributed by atoms with Gasteiger partial charge in [-0.3, -0.25) is 14.9 Å². The van der Waals surface area contributed by atoms with E-state index in [1.54, 1.807) is 31.2 Å². The lowest BCUT2D eigenvalue weighted by atomic mass is 10.1. The molecule has 0 aliphatic heterocycles. The summed E-state index contributed by atoms with van der Waals surface area (Å²) >= 11 is 0. The topological polar surface area (TPSA) is 72.2 Å². The second kappa shape index (κ2) is 5.48. The average Bonchev–Trinajstić information content (AvgIpc) is 2.41. The van der Waals surface area contributed by atoms with Gasteiger partial charge in [-0.25, -0.2) is 4.39 Å². The van der Waals surface area contributed by atoms with E-state index < -0.39 is 16.6 Å². The number of rotatable bonds is 3. The number of hydrogen-bond donors (Lipinski definition) is 1. The van der Waals surface area contributed by atoms with Crippen molar-refractivity contribution in [2.75, 3.05) is 5.32 Å². The van der Waals surface area contributed by atoms with Crippen molar-refractivity contribution in [3.8, 4) is 0 Å². The number of anilines is 1. The molecular weight excluding hydrogens is 263 g/mol. The minimum atomic E-state index is -0.804. The molecule has 0 bridgehead atoms. The summed E-state index contributed by atoms with van der Waals surface area (Å²) < 4.78 is 13.6. The number of nitrogens with one attached hydrogen (secondary N) is 1. The molecule has 0 aromatic heterocycles. The number of amides is 1. The van der Waals surface area contributed by atoms with Crippen molar-refractivity contribution in [3.63, 3.8) is 0 Å². The van der Waals surface area contributed by atoms with Crippen molar-refractivity contribution in [2.24, 2.45) is 0 Å². The van der Waals surface area contributed by atoms with Crippen LogP contribution in [0.15, 0.2) is 42.5 Å². The van der Waals surface area contributed by atoms with Crippen LogP contribution in [-0.2, 0) is 0 Å². The fraction of sp³-hybridized carbons (Fsp3) is 0.0714. The quantitative estimate of drug-likeness (QED) is 0.689. The zero-order valence-corrected chi connectivity index (χ0v) is 10.6. The van der Waals surface area contributed by atoms with Crippen molar-refractivity contribution in [1.82, 2.24) is 0 Å². The Hall–Kier alpha value is -2.76. The molecule has 0 aliphatic rings. The number of carbonyl (C=O) groups excluding carboxylic acids is 1. The molecule has 0 unspecified atom stereocenters. The minimum absolute atomic E-state index is 0.332. The summed E-state index contributed by atoms with van der Waals surface area (Å²) in [4.78, 5) is 22.0. The monoisotopic (exact) mass is 274 g/mol. The predicted octanol–water partition coefficient (Wildman–Crippen LogP) is 3.29. The minimum Gasteiger partial charge on any atom is -0.322 e. The van der Waals surface area contributed by atoms with Crippen LogP contribution in [0.5, 0.6) is 0 Å². The maximum absolute atomic E-state index is 13.6. The second-order valence-electron chi connectivity index (χ2n) is 4.19. The molecule has 0 radical (unpaired) electrons. The number of hydrogen-bond acceptors (Lipinski definition) is 3. The highest BCUT2D eigenvalue weighted by Crippen LogP contribution is 2.19. The van der Waals surface area contributed by atoms with Gasteiger partial charge < -0.3 is 5.32 Å². The third kappa shape index (κ3) is 2.80. The van der Waals surface area contributed by atoms with E-state index in [9.17, 15) is 19.3 Å². The number of nitrogens with zero attached hydrogens (tertiary/aromatic N) is 1. The number of nitro benzene ring substituents is 1. The molecule has 5 nitrogen and oxygen atoms in total. The van der Waals surface area contributed by atoms with Crippen LogP contribution in [0.1, 0.15) is 15.9 Å². The first-order valence-electron chi connectivity index (χ1n) is 5.80. The summed E-state index contributed by atoms with van der Waals surface area (Å²) in [5.74, 6) is -1.53. The van der Waals surface area contributed by atoms with E-state index in [1.807, 2.05) is 0 Å². The molecule has 0 atom stereocenters. The average molecular weight is 274 g/mol. The number of aryl methyl sites for hydroxylation is 1. The molecule has 0 fully saturated rings. The zero-order chi connectivity index (χ0) is 14.7. The largest absolute Gasteiger partial charge is 0.322 e. The van der Waals surface area contributed by atoms with Crippen LogP contribution in [0.25, 0.3) is 0 Å². The fourth-order valence-electron chi connectivity index (χ4n) is 1.70. The predicted molar refractivity (Wildman–Crippen MR) is 72.2 cm³/mol. The van der Waals surface area contributed by atoms with E-state index in [0.29, 0.717) is 5.69 Å². The van der Waals surface area contributed by atoms with Crippen LogP contribution in [-0.4, -0.2) is 10.8 Å². The van der Waals surface area contributed by atoms with E-state index in [1.165, 1.54) is 0 Å². The van der Waals surface area contributed by atoms with E-state index >= 15 is 0 Å². The van der Waals surface area contributed by atoms with Gasteiger partial charge in [-0.1, -0.05) is 18.2 Å². The highest BCUT2D eigenvalue weighted by atomic mass is 19.1. The lowest BCUT2D eigenvalue weighted by Gasteiger charge is -2.08. The number of para-hydroxylation sites is 1. The molecule has 0 saturated carbocycles. The molecule has 0 heterocycles. The smallest absolute Gasteiger partial charge is 0.270 e. The summed E-state index contributed by atoms with van der Waals surface area (Å²) in [6.45, 7) is 1.79. The van der Waals surface area contributed by atoms with Crippen LogP contribution < -0.4 is 5.32 Å². The molecule has 20 heavy (non-hydrogen) atoms. The van der Waals surface area contributed by atoms with Gasteiger partial charge in [0.15, 0.2) is 0 Å². The van der Waals surface area contributed by atoms with Crippen LogP contribution >= 0.6 is 0 Å². The zero-order valence-electron chi connectivity index (χ0n) is 10.6. The van der Waals surface area contributed by atoms with Gasteiger partial charge >= 0.3 is 0 Å². The van der Waals surface area contributed by atoms with E-state index in [4.69, 9.17) is 0 Å². The van der Waals surface area contributed by atoms with Crippen molar-refractivity contribution in [2.45, 2.75) is 6.92 Å². The Morgan fingerprint density at radius 3 is 2.60 bits per heavy atom. The first-order chi connectivity index (χ1) is 9.49. The van der Waals surface area contributed by atoms with Gasteiger partial charge in [0.25, 0.3) is 11.6 Å². The Morgan fingerprint density at radius 1 is 1.25 bits per heavy atom. The Bertz CT molecular complexity index is 686. The van der Waals surface area contributed by atoms with Gasteiger partial charge in [0, 0.05) is 17.8 Å². The van der Waals surface area contributed by atoms with Crippen molar-refractivity contribution >= 4 is 17.3 Å². The van der Waals surface area contributed by atoms with E-state index in [-0.39, 0.29) is 11.3 Å².